The van der Waals surface area contributed by atoms with Crippen LogP contribution in [0.3, 0.4) is 0 Å². The van der Waals surface area contributed by atoms with E-state index in [1.807, 2.05) is 0 Å². The third-order valence-corrected chi connectivity index (χ3v) is 5.00. The Labute approximate surface area is 172 Å². The van der Waals surface area contributed by atoms with Gasteiger partial charge in [0.2, 0.25) is 11.8 Å². The van der Waals surface area contributed by atoms with Crippen molar-refractivity contribution in [3.05, 3.63) is 0 Å². The topological polar surface area (TPSA) is 196 Å². The zero-order valence-corrected chi connectivity index (χ0v) is 16.9. The van der Waals surface area contributed by atoms with E-state index in [0.717, 1.165) is 0 Å². The average molecular weight is 438 g/mol. The molecule has 2 amide bonds. The fourth-order valence-electron chi connectivity index (χ4n) is 3.57. The Hall–Kier alpha value is -1.42. The van der Waals surface area contributed by atoms with E-state index in [-0.39, 0.29) is 0 Å². The third kappa shape index (κ3) is 5.43. The number of aliphatic hydroxyl groups is 5. The lowest BCUT2D eigenvalue weighted by atomic mass is 9.94. The SMILES string of the molecule is CO[C@@H]1O[C@H](CO)[C@@H](O[C@@H]2O[C@H](CO)[C@H](O)[C@H](O)[C@H]2NC(C)=O)[C@H](O)[C@H]1NC(C)=O. The first-order valence-corrected chi connectivity index (χ1v) is 9.43. The maximum atomic E-state index is 11.6. The number of rotatable bonds is 7. The quantitative estimate of drug-likeness (QED) is 0.202. The van der Waals surface area contributed by atoms with Crippen LogP contribution in [-0.2, 0) is 28.5 Å². The first-order valence-electron chi connectivity index (χ1n) is 9.43. The fourth-order valence-corrected chi connectivity index (χ4v) is 3.57. The predicted molar refractivity (Wildman–Crippen MR) is 96.6 cm³/mol. The Morgan fingerprint density at radius 1 is 0.833 bits per heavy atom. The van der Waals surface area contributed by atoms with E-state index in [4.69, 9.17) is 18.9 Å². The summed E-state index contributed by atoms with van der Waals surface area (Å²) in [6.45, 7) is 1.16. The van der Waals surface area contributed by atoms with Crippen LogP contribution in [0, 0.1) is 0 Å². The van der Waals surface area contributed by atoms with E-state index >= 15 is 0 Å². The van der Waals surface area contributed by atoms with Crippen molar-refractivity contribution in [2.45, 2.75) is 75.1 Å². The number of amides is 2. The molecule has 2 fully saturated rings. The summed E-state index contributed by atoms with van der Waals surface area (Å²) in [5.74, 6) is -1.03. The van der Waals surface area contributed by atoms with Crippen LogP contribution in [0.4, 0.5) is 0 Å². The van der Waals surface area contributed by atoms with Gasteiger partial charge < -0.3 is 55.1 Å². The van der Waals surface area contributed by atoms with E-state index < -0.39 is 86.3 Å². The van der Waals surface area contributed by atoms with Crippen molar-refractivity contribution >= 4 is 11.8 Å². The van der Waals surface area contributed by atoms with Crippen LogP contribution in [0.25, 0.3) is 0 Å². The van der Waals surface area contributed by atoms with Gasteiger partial charge in [-0.05, 0) is 0 Å². The van der Waals surface area contributed by atoms with Crippen molar-refractivity contribution in [1.82, 2.24) is 10.6 Å². The summed E-state index contributed by atoms with van der Waals surface area (Å²) in [4.78, 5) is 23.1. The lowest BCUT2D eigenvalue weighted by Crippen LogP contribution is -2.69. The predicted octanol–water partition coefficient (Wildman–Crippen LogP) is -4.46. The van der Waals surface area contributed by atoms with E-state index in [9.17, 15) is 35.1 Å². The fraction of sp³-hybridized carbons (Fsp3) is 0.882. The van der Waals surface area contributed by atoms with Gasteiger partial charge in [-0.15, -0.1) is 0 Å². The van der Waals surface area contributed by atoms with Gasteiger partial charge in [-0.2, -0.15) is 0 Å². The van der Waals surface area contributed by atoms with Gasteiger partial charge in [0, 0.05) is 21.0 Å². The molecule has 0 unspecified atom stereocenters. The number of carbonyl (C=O) groups is 2. The summed E-state index contributed by atoms with van der Waals surface area (Å²) in [6.07, 6.45) is -10.7. The smallest absolute Gasteiger partial charge is 0.217 e. The second kappa shape index (κ2) is 10.7. The molecule has 30 heavy (non-hydrogen) atoms. The Bertz CT molecular complexity index is 594. The molecule has 13 nitrogen and oxygen atoms in total. The Morgan fingerprint density at radius 3 is 1.80 bits per heavy atom. The standard InChI is InChI=1S/C17H30N2O11/c1-6(22)18-10-13(25)12(24)8(4-20)28-17(10)30-15-9(5-21)29-16(27-3)11(14(15)26)19-7(2)23/h8-17,20-21,24-26H,4-5H2,1-3H3,(H,18,22)(H,19,23)/t8-,9-,10-,11-,12+,13-,14-,15-,16-,17+/m1/s1. The normalized spacial score (nSPS) is 41.9. The number of hydrogen-bond acceptors (Lipinski definition) is 11. The summed E-state index contributed by atoms with van der Waals surface area (Å²) in [6, 6.07) is -2.32. The minimum absolute atomic E-state index is 0.477. The molecule has 0 spiro atoms. The highest BCUT2D eigenvalue weighted by atomic mass is 16.7. The van der Waals surface area contributed by atoms with Gasteiger partial charge >= 0.3 is 0 Å². The van der Waals surface area contributed by atoms with Crippen molar-refractivity contribution in [3.8, 4) is 0 Å². The van der Waals surface area contributed by atoms with Gasteiger partial charge in [-0.25, -0.2) is 0 Å². The van der Waals surface area contributed by atoms with Crippen LogP contribution in [-0.4, -0.2) is 119 Å². The van der Waals surface area contributed by atoms with Crippen molar-refractivity contribution in [3.63, 3.8) is 0 Å². The maximum absolute atomic E-state index is 11.6. The largest absolute Gasteiger partial charge is 0.394 e. The highest BCUT2D eigenvalue weighted by Crippen LogP contribution is 2.29. The number of nitrogens with one attached hydrogen (secondary N) is 2. The molecule has 2 aliphatic heterocycles. The van der Waals surface area contributed by atoms with Crippen molar-refractivity contribution in [1.29, 1.82) is 0 Å². The van der Waals surface area contributed by atoms with Crippen LogP contribution in [0.1, 0.15) is 13.8 Å². The maximum Gasteiger partial charge on any atom is 0.217 e. The monoisotopic (exact) mass is 438 g/mol. The Balaban J connectivity index is 2.29. The minimum Gasteiger partial charge on any atom is -0.394 e. The number of methoxy groups -OCH3 is 1. The summed E-state index contributed by atoms with van der Waals surface area (Å²) in [5, 5.41) is 55.2. The van der Waals surface area contributed by atoms with Crippen molar-refractivity contribution in [2.75, 3.05) is 20.3 Å². The van der Waals surface area contributed by atoms with Crippen molar-refractivity contribution < 1.29 is 54.1 Å². The van der Waals surface area contributed by atoms with Crippen LogP contribution in [0.5, 0.6) is 0 Å². The molecule has 7 N–H and O–H groups in total. The zero-order valence-electron chi connectivity index (χ0n) is 16.9. The number of carbonyl (C=O) groups excluding carboxylic acids is 2. The van der Waals surface area contributed by atoms with Crippen LogP contribution in [0.2, 0.25) is 0 Å². The first-order chi connectivity index (χ1) is 14.1. The van der Waals surface area contributed by atoms with Crippen molar-refractivity contribution in [2.24, 2.45) is 0 Å². The van der Waals surface area contributed by atoms with Gasteiger partial charge in [0.05, 0.1) is 13.2 Å². The lowest BCUT2D eigenvalue weighted by molar-refractivity contribution is -0.330. The van der Waals surface area contributed by atoms with Gasteiger partial charge in [0.1, 0.15) is 48.7 Å². The second-order valence-corrected chi connectivity index (χ2v) is 7.21. The molecule has 0 bridgehead atoms. The van der Waals surface area contributed by atoms with Crippen LogP contribution in [0.15, 0.2) is 0 Å². The zero-order chi connectivity index (χ0) is 22.6. The molecule has 0 aromatic heterocycles. The molecule has 0 aromatic rings. The summed E-state index contributed by atoms with van der Waals surface area (Å²) in [7, 11) is 1.29. The molecule has 0 radical (unpaired) electrons. The third-order valence-electron chi connectivity index (χ3n) is 5.00. The molecule has 2 aliphatic rings. The first kappa shape index (κ1) is 24.8. The highest BCUT2D eigenvalue weighted by Gasteiger charge is 2.51. The molecule has 2 saturated heterocycles. The summed E-state index contributed by atoms with van der Waals surface area (Å²) >= 11 is 0. The average Bonchev–Trinajstić information content (AvgIpc) is 2.69. The van der Waals surface area contributed by atoms with E-state index in [0.29, 0.717) is 0 Å². The molecule has 0 aliphatic carbocycles. The number of hydrogen-bond donors (Lipinski definition) is 7. The number of aliphatic hydroxyl groups excluding tert-OH is 5. The van der Waals surface area contributed by atoms with E-state index in [1.54, 1.807) is 0 Å². The lowest BCUT2D eigenvalue weighted by Gasteiger charge is -2.47. The second-order valence-electron chi connectivity index (χ2n) is 7.21. The molecule has 10 atom stereocenters. The van der Waals surface area contributed by atoms with Crippen LogP contribution < -0.4 is 10.6 Å². The molecule has 2 heterocycles. The molecule has 0 saturated carbocycles. The molecule has 2 rings (SSSR count). The van der Waals surface area contributed by atoms with Gasteiger partial charge in [0.15, 0.2) is 12.6 Å². The molecular formula is C17H30N2O11. The Kier molecular flexibility index (Phi) is 8.90. The van der Waals surface area contributed by atoms with Gasteiger partial charge in [-0.1, -0.05) is 0 Å². The van der Waals surface area contributed by atoms with E-state index in [1.165, 1.54) is 21.0 Å². The number of ether oxygens (including phenoxy) is 4. The molecule has 13 heteroatoms. The Morgan fingerprint density at radius 2 is 1.33 bits per heavy atom. The summed E-state index contributed by atoms with van der Waals surface area (Å²) in [5.41, 5.74) is 0. The minimum atomic E-state index is -1.56. The molecule has 174 valence electrons. The van der Waals surface area contributed by atoms with Gasteiger partial charge in [0.25, 0.3) is 0 Å². The van der Waals surface area contributed by atoms with Gasteiger partial charge in [-0.3, -0.25) is 9.59 Å². The van der Waals surface area contributed by atoms with E-state index in [2.05, 4.69) is 10.6 Å². The molecule has 0 aromatic carbocycles. The highest BCUT2D eigenvalue weighted by molar-refractivity contribution is 5.73. The van der Waals surface area contributed by atoms with Crippen LogP contribution >= 0.6 is 0 Å². The molecular weight excluding hydrogens is 408 g/mol. The summed E-state index contributed by atoms with van der Waals surface area (Å²) < 4.78 is 21.9.